The maximum atomic E-state index is 12.3. The van der Waals surface area contributed by atoms with Crippen LogP contribution in [0.4, 0.5) is 5.69 Å². The van der Waals surface area contributed by atoms with Gasteiger partial charge in [0.1, 0.15) is 13.2 Å². The molecule has 1 fully saturated rings. The summed E-state index contributed by atoms with van der Waals surface area (Å²) in [6.07, 6.45) is 2.25. The summed E-state index contributed by atoms with van der Waals surface area (Å²) in [7, 11) is 0. The van der Waals surface area contributed by atoms with Gasteiger partial charge in [-0.25, -0.2) is 0 Å². The minimum absolute atomic E-state index is 0.0303. The first-order valence-corrected chi connectivity index (χ1v) is 8.16. The molecule has 2 amide bonds. The number of hydrogen-bond donors (Lipinski definition) is 1. The van der Waals surface area contributed by atoms with Crippen LogP contribution in [0.15, 0.2) is 18.2 Å². The molecule has 1 aromatic carbocycles. The number of nitrogens with zero attached hydrogens (tertiary/aromatic N) is 1. The molecule has 0 aromatic heterocycles. The van der Waals surface area contributed by atoms with E-state index in [4.69, 9.17) is 9.47 Å². The molecule has 3 rings (SSSR count). The zero-order chi connectivity index (χ0) is 16.2. The summed E-state index contributed by atoms with van der Waals surface area (Å²) in [4.78, 5) is 26.1. The number of nitrogens with one attached hydrogen (secondary N) is 1. The van der Waals surface area contributed by atoms with Gasteiger partial charge in [0.2, 0.25) is 11.8 Å². The lowest BCUT2D eigenvalue weighted by Gasteiger charge is -2.22. The van der Waals surface area contributed by atoms with Crippen LogP contribution in [-0.4, -0.2) is 38.1 Å². The standard InChI is InChI=1S/C17H22N2O4/c1-2-3-6-18-17(21)12-9-16(20)19(11-12)13-4-5-14-15(10-13)23-8-7-22-14/h4-5,10,12H,2-3,6-9,11H2,1H3,(H,18,21)/t12-/m1/s1. The Labute approximate surface area is 135 Å². The van der Waals surface area contributed by atoms with E-state index in [9.17, 15) is 9.59 Å². The van der Waals surface area contributed by atoms with Crippen LogP contribution in [0.3, 0.4) is 0 Å². The van der Waals surface area contributed by atoms with E-state index in [1.54, 1.807) is 4.90 Å². The molecule has 0 saturated carbocycles. The summed E-state index contributed by atoms with van der Waals surface area (Å²) in [5, 5.41) is 2.91. The Hall–Kier alpha value is -2.24. The molecule has 1 atom stereocenters. The van der Waals surface area contributed by atoms with Crippen LogP contribution in [-0.2, 0) is 9.59 Å². The lowest BCUT2D eigenvalue weighted by Crippen LogP contribution is -2.33. The van der Waals surface area contributed by atoms with Crippen LogP contribution in [0.5, 0.6) is 11.5 Å². The van der Waals surface area contributed by atoms with E-state index < -0.39 is 0 Å². The van der Waals surface area contributed by atoms with Crippen molar-refractivity contribution in [3.63, 3.8) is 0 Å². The van der Waals surface area contributed by atoms with E-state index in [0.29, 0.717) is 37.8 Å². The summed E-state index contributed by atoms with van der Waals surface area (Å²) in [6, 6.07) is 5.46. The highest BCUT2D eigenvalue weighted by Gasteiger charge is 2.35. The average molecular weight is 318 g/mol. The molecule has 2 aliphatic heterocycles. The number of carbonyl (C=O) groups is 2. The lowest BCUT2D eigenvalue weighted by molar-refractivity contribution is -0.126. The average Bonchev–Trinajstić information content (AvgIpc) is 2.96. The van der Waals surface area contributed by atoms with E-state index in [1.807, 2.05) is 18.2 Å². The van der Waals surface area contributed by atoms with Gasteiger partial charge >= 0.3 is 0 Å². The van der Waals surface area contributed by atoms with Crippen molar-refractivity contribution in [2.24, 2.45) is 5.92 Å². The Kier molecular flexibility index (Phi) is 4.69. The van der Waals surface area contributed by atoms with E-state index in [-0.39, 0.29) is 24.2 Å². The quantitative estimate of drug-likeness (QED) is 0.840. The second-order valence-electron chi connectivity index (χ2n) is 5.88. The van der Waals surface area contributed by atoms with Gasteiger partial charge in [0.25, 0.3) is 0 Å². The summed E-state index contributed by atoms with van der Waals surface area (Å²) < 4.78 is 11.0. The summed E-state index contributed by atoms with van der Waals surface area (Å²) in [5.41, 5.74) is 0.753. The van der Waals surface area contributed by atoms with Crippen LogP contribution >= 0.6 is 0 Å². The summed E-state index contributed by atoms with van der Waals surface area (Å²) in [5.74, 6) is 0.995. The predicted molar refractivity (Wildman–Crippen MR) is 85.8 cm³/mol. The summed E-state index contributed by atoms with van der Waals surface area (Å²) >= 11 is 0. The van der Waals surface area contributed by atoms with Crippen molar-refractivity contribution in [2.45, 2.75) is 26.2 Å². The van der Waals surface area contributed by atoms with Gasteiger partial charge in [0, 0.05) is 31.3 Å². The number of ether oxygens (including phenoxy) is 2. The molecule has 0 aliphatic carbocycles. The van der Waals surface area contributed by atoms with E-state index in [1.165, 1.54) is 0 Å². The molecule has 0 unspecified atom stereocenters. The largest absolute Gasteiger partial charge is 0.486 e. The third-order valence-electron chi connectivity index (χ3n) is 4.16. The lowest BCUT2D eigenvalue weighted by atomic mass is 10.1. The predicted octanol–water partition coefficient (Wildman–Crippen LogP) is 1.73. The van der Waals surface area contributed by atoms with Gasteiger partial charge in [-0.1, -0.05) is 13.3 Å². The molecular weight excluding hydrogens is 296 g/mol. The first-order chi connectivity index (χ1) is 11.2. The van der Waals surface area contributed by atoms with Crippen LogP contribution in [0.2, 0.25) is 0 Å². The van der Waals surface area contributed by atoms with E-state index in [2.05, 4.69) is 12.2 Å². The van der Waals surface area contributed by atoms with Crippen molar-refractivity contribution in [3.8, 4) is 11.5 Å². The van der Waals surface area contributed by atoms with Gasteiger partial charge in [0.15, 0.2) is 11.5 Å². The van der Waals surface area contributed by atoms with Gasteiger partial charge in [-0.2, -0.15) is 0 Å². The number of fused-ring (bicyclic) bond motifs is 1. The summed E-state index contributed by atoms with van der Waals surface area (Å²) in [6.45, 7) is 4.21. The Bertz CT molecular complexity index is 602. The number of hydrogen-bond acceptors (Lipinski definition) is 4. The monoisotopic (exact) mass is 318 g/mol. The van der Waals surface area contributed by atoms with Crippen LogP contribution in [0.25, 0.3) is 0 Å². The van der Waals surface area contributed by atoms with Crippen molar-refractivity contribution in [2.75, 3.05) is 31.2 Å². The fraction of sp³-hybridized carbons (Fsp3) is 0.529. The second kappa shape index (κ2) is 6.89. The molecule has 2 aliphatic rings. The van der Waals surface area contributed by atoms with Crippen molar-refractivity contribution in [1.29, 1.82) is 0 Å². The Morgan fingerprint density at radius 2 is 2.09 bits per heavy atom. The minimum Gasteiger partial charge on any atom is -0.486 e. The molecule has 6 nitrogen and oxygen atoms in total. The van der Waals surface area contributed by atoms with Crippen molar-refractivity contribution < 1.29 is 19.1 Å². The number of amides is 2. The highest BCUT2D eigenvalue weighted by molar-refractivity contribution is 6.00. The highest BCUT2D eigenvalue weighted by atomic mass is 16.6. The first kappa shape index (κ1) is 15.6. The molecule has 1 aromatic rings. The number of unbranched alkanes of at least 4 members (excludes halogenated alkanes) is 1. The van der Waals surface area contributed by atoms with Gasteiger partial charge in [-0.3, -0.25) is 9.59 Å². The molecule has 1 N–H and O–H groups in total. The Balaban J connectivity index is 1.67. The molecule has 0 spiro atoms. The zero-order valence-electron chi connectivity index (χ0n) is 13.3. The van der Waals surface area contributed by atoms with E-state index >= 15 is 0 Å². The number of rotatable bonds is 5. The highest BCUT2D eigenvalue weighted by Crippen LogP contribution is 2.35. The minimum atomic E-state index is -0.285. The molecule has 2 heterocycles. The molecular formula is C17H22N2O4. The molecule has 23 heavy (non-hydrogen) atoms. The van der Waals surface area contributed by atoms with Crippen LogP contribution in [0.1, 0.15) is 26.2 Å². The molecule has 124 valence electrons. The fourth-order valence-electron chi connectivity index (χ4n) is 2.87. The van der Waals surface area contributed by atoms with Crippen LogP contribution < -0.4 is 19.7 Å². The third kappa shape index (κ3) is 3.41. The topological polar surface area (TPSA) is 67.9 Å². The van der Waals surface area contributed by atoms with Crippen molar-refractivity contribution >= 4 is 17.5 Å². The van der Waals surface area contributed by atoms with Crippen molar-refractivity contribution in [1.82, 2.24) is 5.32 Å². The molecule has 6 heteroatoms. The maximum Gasteiger partial charge on any atom is 0.227 e. The molecule has 0 radical (unpaired) electrons. The third-order valence-corrected chi connectivity index (χ3v) is 4.16. The molecule has 0 bridgehead atoms. The maximum absolute atomic E-state index is 12.3. The second-order valence-corrected chi connectivity index (χ2v) is 5.88. The van der Waals surface area contributed by atoms with Gasteiger partial charge in [-0.05, 0) is 18.6 Å². The normalized spacial score (nSPS) is 19.8. The van der Waals surface area contributed by atoms with Crippen molar-refractivity contribution in [3.05, 3.63) is 18.2 Å². The fourth-order valence-corrected chi connectivity index (χ4v) is 2.87. The zero-order valence-corrected chi connectivity index (χ0v) is 13.3. The number of benzene rings is 1. The van der Waals surface area contributed by atoms with Crippen LogP contribution in [0, 0.1) is 5.92 Å². The van der Waals surface area contributed by atoms with Gasteiger partial charge in [0.05, 0.1) is 5.92 Å². The van der Waals surface area contributed by atoms with Gasteiger partial charge < -0.3 is 19.7 Å². The van der Waals surface area contributed by atoms with E-state index in [0.717, 1.165) is 18.5 Å². The Morgan fingerprint density at radius 3 is 2.87 bits per heavy atom. The number of carbonyl (C=O) groups excluding carboxylic acids is 2. The SMILES string of the molecule is CCCCNC(=O)[C@@H]1CC(=O)N(c2ccc3c(c2)OCCO3)C1. The Morgan fingerprint density at radius 1 is 1.30 bits per heavy atom. The molecule has 1 saturated heterocycles. The number of anilines is 1. The first-order valence-electron chi connectivity index (χ1n) is 8.16. The smallest absolute Gasteiger partial charge is 0.227 e. The van der Waals surface area contributed by atoms with Gasteiger partial charge in [-0.15, -0.1) is 0 Å².